The Kier molecular flexibility index (Phi) is 9.16. The van der Waals surface area contributed by atoms with Crippen LogP contribution in [-0.4, -0.2) is 71.9 Å². The fraction of sp³-hybridized carbons (Fsp3) is 0.558. The molecule has 55 heavy (non-hydrogen) atoms. The maximum absolute atomic E-state index is 17.5. The Morgan fingerprint density at radius 2 is 1.78 bits per heavy atom. The molecule has 0 amide bonds. The average molecular weight is 775 g/mol. The highest BCUT2D eigenvalue weighted by molar-refractivity contribution is 6.90. The summed E-state index contributed by atoms with van der Waals surface area (Å²) in [6.45, 7) is 11.7. The number of pyridine rings is 1. The minimum atomic E-state index is -2.42. The highest BCUT2D eigenvalue weighted by Crippen LogP contribution is 2.47. The number of nitrogens with two attached hydrogens (primary N) is 1. The maximum Gasteiger partial charge on any atom is 0.319 e. The maximum atomic E-state index is 17.5. The van der Waals surface area contributed by atoms with E-state index >= 15 is 13.2 Å². The van der Waals surface area contributed by atoms with Gasteiger partial charge in [-0.3, -0.25) is 9.88 Å². The second-order valence-corrected chi connectivity index (χ2v) is 22.8. The molecule has 12 heteroatoms. The number of hydrogen-bond acceptors (Lipinski definition) is 7. The van der Waals surface area contributed by atoms with E-state index in [2.05, 4.69) is 67.9 Å². The van der Waals surface area contributed by atoms with E-state index in [1.165, 1.54) is 18.3 Å². The first kappa shape index (κ1) is 35.5. The number of nitrogens with zero attached hydrogens (tertiary/aromatic N) is 5. The van der Waals surface area contributed by atoms with Crippen LogP contribution < -0.4 is 15.4 Å². The zero-order valence-electron chi connectivity index (χ0n) is 34.6. The van der Waals surface area contributed by atoms with E-state index in [-0.39, 0.29) is 80.4 Å². The summed E-state index contributed by atoms with van der Waals surface area (Å²) in [5.41, 5.74) is 9.07. The number of rotatable bonds is 8. The fourth-order valence-electron chi connectivity index (χ4n) is 10.3. The minimum Gasteiger partial charge on any atom is -0.461 e. The smallest absolute Gasteiger partial charge is 0.319 e. The van der Waals surface area contributed by atoms with Gasteiger partial charge in [0, 0.05) is 48.4 Å². The van der Waals surface area contributed by atoms with Crippen LogP contribution in [0.4, 0.5) is 29.1 Å². The third-order valence-electron chi connectivity index (χ3n) is 13.0. The number of benzene rings is 2. The van der Waals surface area contributed by atoms with Gasteiger partial charge in [-0.2, -0.15) is 9.97 Å². The molecule has 1 aliphatic carbocycles. The lowest BCUT2D eigenvalue weighted by molar-refractivity contribution is 0.107. The first-order valence-corrected chi connectivity index (χ1v) is 22.2. The molecule has 2 N–H and O–H groups in total. The number of hydrogen-bond donors (Lipinski definition) is 1. The molecule has 4 atom stereocenters. The Balaban J connectivity index is 1.34. The molecule has 4 aliphatic rings. The minimum absolute atomic E-state index is 0.0290. The molecule has 0 radical (unpaired) electrons. The van der Waals surface area contributed by atoms with Crippen LogP contribution in [0, 0.1) is 34.8 Å². The van der Waals surface area contributed by atoms with Crippen LogP contribution in [0.1, 0.15) is 94.8 Å². The van der Waals surface area contributed by atoms with Gasteiger partial charge in [-0.25, -0.2) is 17.6 Å². The van der Waals surface area contributed by atoms with E-state index in [4.69, 9.17) is 15.5 Å². The normalized spacial score (nSPS) is 24.9. The molecular weight excluding hydrogens is 721 g/mol. The van der Waals surface area contributed by atoms with Crippen molar-refractivity contribution in [1.82, 2.24) is 19.9 Å². The predicted octanol–water partition coefficient (Wildman–Crippen LogP) is 9.75. The van der Waals surface area contributed by atoms with E-state index in [0.29, 0.717) is 43.1 Å². The van der Waals surface area contributed by atoms with E-state index in [9.17, 15) is 7.13 Å². The van der Waals surface area contributed by atoms with Crippen LogP contribution in [0.15, 0.2) is 24.4 Å². The number of alkyl halides is 1. The highest BCUT2D eigenvalue weighted by atomic mass is 28.3. The first-order chi connectivity index (χ1) is 27.0. The fourth-order valence-corrected chi connectivity index (χ4v) is 15.5. The van der Waals surface area contributed by atoms with Crippen molar-refractivity contribution in [3.63, 3.8) is 0 Å². The van der Waals surface area contributed by atoms with Gasteiger partial charge in [0.1, 0.15) is 37.8 Å². The van der Waals surface area contributed by atoms with Crippen LogP contribution in [0.2, 0.25) is 16.6 Å². The molecule has 8 rings (SSSR count). The standard InChI is InChI=1S/C43H52F4N6OSi/c1-24(2)55(25(3)4,26(5)6)15-11-31-36-28(17-34(45)37(31)46)16-30(48)19-32(36)39-38(47)40-33(21-49-39)41(53-14-8-7-10-27-18-35(27)53)51-42(50-40)54-23-43-12-9-13-52(43)22-29(44)20-43/h16-17,19,21,24-27,29,35H,7-10,12-14,18,20,22-23,48H2,1-6H3/t27?,29-,35?,43+/m1/s1/i23D2. The average Bonchev–Trinajstić information content (AvgIpc) is 3.71. The van der Waals surface area contributed by atoms with Crippen LogP contribution >= 0.6 is 0 Å². The van der Waals surface area contributed by atoms with Gasteiger partial charge in [0.15, 0.2) is 17.5 Å². The van der Waals surface area contributed by atoms with E-state index in [1.807, 2.05) is 4.90 Å². The summed E-state index contributed by atoms with van der Waals surface area (Å²) >= 11 is 0. The van der Waals surface area contributed by atoms with Crippen molar-refractivity contribution < 1.29 is 25.0 Å². The van der Waals surface area contributed by atoms with E-state index in [1.54, 1.807) is 0 Å². The van der Waals surface area contributed by atoms with Crippen molar-refractivity contribution >= 4 is 41.3 Å². The van der Waals surface area contributed by atoms with Gasteiger partial charge in [-0.15, -0.1) is 5.54 Å². The Morgan fingerprint density at radius 3 is 2.53 bits per heavy atom. The Hall–Kier alpha value is -3.95. The Morgan fingerprint density at radius 1 is 1.02 bits per heavy atom. The van der Waals surface area contributed by atoms with Crippen molar-refractivity contribution in [2.75, 3.05) is 36.8 Å². The van der Waals surface area contributed by atoms with Gasteiger partial charge in [0.05, 0.1) is 19.2 Å². The molecule has 3 saturated heterocycles. The summed E-state index contributed by atoms with van der Waals surface area (Å²) in [4.78, 5) is 17.9. The van der Waals surface area contributed by atoms with E-state index in [0.717, 1.165) is 31.7 Å². The Bertz CT molecular complexity index is 2300. The summed E-state index contributed by atoms with van der Waals surface area (Å²) in [7, 11) is -2.42. The molecule has 0 bridgehead atoms. The highest BCUT2D eigenvalue weighted by Gasteiger charge is 2.50. The number of ether oxygens (including phenoxy) is 1. The van der Waals surface area contributed by atoms with Gasteiger partial charge in [-0.1, -0.05) is 53.9 Å². The van der Waals surface area contributed by atoms with Crippen molar-refractivity contribution in [3.05, 3.63) is 47.4 Å². The first-order valence-electron chi connectivity index (χ1n) is 20.9. The number of fused-ring (bicyclic) bond motifs is 4. The largest absolute Gasteiger partial charge is 0.461 e. The molecule has 0 spiro atoms. The second kappa shape index (κ2) is 14.2. The number of aromatic nitrogens is 3. The van der Waals surface area contributed by atoms with Crippen LogP contribution in [-0.2, 0) is 0 Å². The predicted molar refractivity (Wildman–Crippen MR) is 214 cm³/mol. The van der Waals surface area contributed by atoms with Crippen molar-refractivity contribution in [2.24, 2.45) is 5.92 Å². The van der Waals surface area contributed by atoms with E-state index < -0.39 is 43.8 Å². The monoisotopic (exact) mass is 774 g/mol. The molecular formula is C43H52F4N6OSi. The van der Waals surface area contributed by atoms with Crippen molar-refractivity contribution in [2.45, 2.75) is 121 Å². The third-order valence-corrected chi connectivity index (χ3v) is 19.3. The van der Waals surface area contributed by atoms with Gasteiger partial charge in [0.2, 0.25) is 0 Å². The van der Waals surface area contributed by atoms with Gasteiger partial charge in [-0.05, 0) is 84.8 Å². The van der Waals surface area contributed by atoms with Crippen molar-refractivity contribution in [3.8, 4) is 28.7 Å². The summed E-state index contributed by atoms with van der Waals surface area (Å²) in [6, 6.07) is 3.86. The second-order valence-electron chi connectivity index (χ2n) is 17.2. The van der Waals surface area contributed by atoms with Crippen LogP contribution in [0.25, 0.3) is 32.9 Å². The number of anilines is 2. The molecule has 5 heterocycles. The van der Waals surface area contributed by atoms with Crippen molar-refractivity contribution in [1.29, 1.82) is 0 Å². The molecule has 4 fully saturated rings. The zero-order valence-corrected chi connectivity index (χ0v) is 33.6. The van der Waals surface area contributed by atoms with Gasteiger partial charge < -0.3 is 15.4 Å². The summed E-state index contributed by atoms with van der Waals surface area (Å²) < 4.78 is 88.3. The number of nitrogen functional groups attached to an aromatic ring is 1. The number of halogens is 4. The lowest BCUT2D eigenvalue weighted by Crippen LogP contribution is -2.43. The van der Waals surface area contributed by atoms with Crippen LogP contribution in [0.3, 0.4) is 0 Å². The molecule has 2 aromatic carbocycles. The van der Waals surface area contributed by atoms with Gasteiger partial charge in [0.25, 0.3) is 0 Å². The SMILES string of the molecule is [2H]C([2H])(Oc1nc(N2CCCCC3CC32)c2cnc(-c3cc(N)cc4cc(F)c(F)c(C#C[Si](C(C)C)(C(C)C)C(C)C)c34)c(F)c2n1)[C@@]12CCCN1C[C@H](F)C2. The molecule has 292 valence electrons. The van der Waals surface area contributed by atoms with Gasteiger partial charge >= 0.3 is 6.01 Å². The Labute approximate surface area is 325 Å². The molecule has 1 saturated carbocycles. The van der Waals surface area contributed by atoms with Crippen LogP contribution in [0.5, 0.6) is 6.01 Å². The molecule has 2 unspecified atom stereocenters. The third kappa shape index (κ3) is 6.43. The topological polar surface area (TPSA) is 80.4 Å². The lowest BCUT2D eigenvalue weighted by atomic mass is 9.95. The summed E-state index contributed by atoms with van der Waals surface area (Å²) in [5, 5.41) is 0.737. The molecule has 3 aliphatic heterocycles. The summed E-state index contributed by atoms with van der Waals surface area (Å²) in [5.74, 6) is 0.859. The molecule has 7 nitrogen and oxygen atoms in total. The zero-order chi connectivity index (χ0) is 40.8. The summed E-state index contributed by atoms with van der Waals surface area (Å²) in [6.07, 6.45) is 5.34. The molecule has 4 aromatic rings. The quantitative estimate of drug-likeness (QED) is 0.0827. The lowest BCUT2D eigenvalue weighted by Gasteiger charge is -2.38. The molecule has 2 aromatic heterocycles.